The molecule has 31 heavy (non-hydrogen) atoms. The van der Waals surface area contributed by atoms with Crippen molar-refractivity contribution in [2.75, 3.05) is 6.61 Å². The minimum Gasteiger partial charge on any atom is -0.463 e. The van der Waals surface area contributed by atoms with Gasteiger partial charge in [-0.3, -0.25) is 14.4 Å². The van der Waals surface area contributed by atoms with Crippen LogP contribution in [-0.4, -0.2) is 54.3 Å². The van der Waals surface area contributed by atoms with Gasteiger partial charge in [-0.25, -0.2) is 0 Å². The zero-order chi connectivity index (χ0) is 23.1. The second-order valence-corrected chi connectivity index (χ2v) is 8.22. The molecule has 10 nitrogen and oxygen atoms in total. The van der Waals surface area contributed by atoms with Crippen LogP contribution in [0.4, 0.5) is 0 Å². The highest BCUT2D eigenvalue weighted by Crippen LogP contribution is 2.38. The molecule has 0 N–H and O–H groups in total. The average Bonchev–Trinajstić information content (AvgIpc) is 2.67. The Morgan fingerprint density at radius 1 is 1.06 bits per heavy atom. The second kappa shape index (κ2) is 11.0. The average molecular weight is 452 g/mol. The smallest absolute Gasteiger partial charge is 0.303 e. The Kier molecular flexibility index (Phi) is 8.73. The fourth-order valence-corrected chi connectivity index (χ4v) is 4.30. The number of ether oxygens (including phenoxy) is 4. The molecular formula is C20H25N3O7S. The van der Waals surface area contributed by atoms with Gasteiger partial charge >= 0.3 is 17.9 Å². The van der Waals surface area contributed by atoms with E-state index >= 15 is 0 Å². The molecule has 2 unspecified atom stereocenters. The first kappa shape index (κ1) is 24.5. The Morgan fingerprint density at radius 3 is 2.26 bits per heavy atom. The van der Waals surface area contributed by atoms with Crippen molar-refractivity contribution in [3.05, 3.63) is 39.8 Å². The third-order valence-electron chi connectivity index (χ3n) is 4.59. The summed E-state index contributed by atoms with van der Waals surface area (Å²) in [5, 5.41) is 3.75. The second-order valence-electron chi connectivity index (χ2n) is 7.05. The van der Waals surface area contributed by atoms with Crippen LogP contribution in [0.15, 0.2) is 28.2 Å². The highest BCUT2D eigenvalue weighted by atomic mass is 32.2. The van der Waals surface area contributed by atoms with E-state index in [0.29, 0.717) is 0 Å². The molecule has 5 atom stereocenters. The molecular weight excluding hydrogens is 426 g/mol. The fourth-order valence-electron chi connectivity index (χ4n) is 3.09. The Bertz CT molecular complexity index is 888. The van der Waals surface area contributed by atoms with Crippen LogP contribution in [0, 0.1) is 13.8 Å². The first-order valence-corrected chi connectivity index (χ1v) is 10.4. The molecule has 1 heterocycles. The van der Waals surface area contributed by atoms with Gasteiger partial charge in [-0.15, -0.1) is 0 Å². The molecule has 0 bridgehead atoms. The van der Waals surface area contributed by atoms with Crippen molar-refractivity contribution < 1.29 is 33.3 Å². The summed E-state index contributed by atoms with van der Waals surface area (Å²) in [5.74, 6) is -1.81. The van der Waals surface area contributed by atoms with Gasteiger partial charge in [-0.2, -0.15) is 0 Å². The summed E-state index contributed by atoms with van der Waals surface area (Å²) in [6.07, 6.45) is -3.09. The van der Waals surface area contributed by atoms with Crippen molar-refractivity contribution in [2.24, 2.45) is 5.11 Å². The molecule has 11 heteroatoms. The molecule has 0 aliphatic carbocycles. The normalized spacial score (nSPS) is 25.1. The van der Waals surface area contributed by atoms with Gasteiger partial charge < -0.3 is 18.9 Å². The summed E-state index contributed by atoms with van der Waals surface area (Å²) in [5.41, 5.74) is 10.5. The first-order valence-electron chi connectivity index (χ1n) is 9.53. The number of hydrogen-bond acceptors (Lipinski definition) is 9. The molecule has 0 aromatic heterocycles. The number of carbonyl (C=O) groups excluding carboxylic acids is 3. The van der Waals surface area contributed by atoms with E-state index < -0.39 is 47.7 Å². The number of hydrogen-bond donors (Lipinski definition) is 0. The van der Waals surface area contributed by atoms with Crippen molar-refractivity contribution in [3.63, 3.8) is 0 Å². The van der Waals surface area contributed by atoms with Gasteiger partial charge in [0, 0.05) is 30.6 Å². The molecule has 0 saturated carbocycles. The van der Waals surface area contributed by atoms with Crippen LogP contribution in [0.5, 0.6) is 0 Å². The lowest BCUT2D eigenvalue weighted by Crippen LogP contribution is -2.59. The highest BCUT2D eigenvalue weighted by molar-refractivity contribution is 7.99. The van der Waals surface area contributed by atoms with Crippen molar-refractivity contribution in [2.45, 2.75) is 69.3 Å². The maximum Gasteiger partial charge on any atom is 0.303 e. The fraction of sp³-hybridized carbons (Fsp3) is 0.550. The van der Waals surface area contributed by atoms with Crippen LogP contribution >= 0.6 is 11.8 Å². The number of rotatable bonds is 7. The summed E-state index contributed by atoms with van der Waals surface area (Å²) >= 11 is 1.26. The van der Waals surface area contributed by atoms with Gasteiger partial charge in [0.15, 0.2) is 0 Å². The van der Waals surface area contributed by atoms with E-state index in [4.69, 9.17) is 24.5 Å². The maximum absolute atomic E-state index is 11.8. The summed E-state index contributed by atoms with van der Waals surface area (Å²) in [6, 6.07) is 4.71. The molecule has 2 rings (SSSR count). The third kappa shape index (κ3) is 6.88. The number of nitrogens with zero attached hydrogens (tertiary/aromatic N) is 3. The van der Waals surface area contributed by atoms with Gasteiger partial charge in [-0.1, -0.05) is 22.9 Å². The maximum atomic E-state index is 11.8. The van der Waals surface area contributed by atoms with E-state index in [-0.39, 0.29) is 6.61 Å². The Labute approximate surface area is 184 Å². The van der Waals surface area contributed by atoms with Crippen LogP contribution in [0.1, 0.15) is 31.9 Å². The van der Waals surface area contributed by atoms with E-state index in [1.54, 1.807) is 0 Å². The summed E-state index contributed by atoms with van der Waals surface area (Å²) in [7, 11) is 0. The number of benzene rings is 1. The van der Waals surface area contributed by atoms with E-state index in [1.807, 2.05) is 32.0 Å². The molecule has 1 aliphatic rings. The predicted octanol–water partition coefficient (Wildman–Crippen LogP) is 3.23. The minimum atomic E-state index is -1.12. The van der Waals surface area contributed by atoms with Crippen LogP contribution in [0.3, 0.4) is 0 Å². The largest absolute Gasteiger partial charge is 0.463 e. The molecule has 0 radical (unpaired) electrons. The molecule has 1 saturated heterocycles. The zero-order valence-electron chi connectivity index (χ0n) is 17.9. The molecule has 1 aliphatic heterocycles. The quantitative estimate of drug-likeness (QED) is 0.203. The zero-order valence-corrected chi connectivity index (χ0v) is 18.8. The molecule has 168 valence electrons. The van der Waals surface area contributed by atoms with E-state index in [0.717, 1.165) is 16.0 Å². The van der Waals surface area contributed by atoms with Crippen molar-refractivity contribution >= 4 is 29.7 Å². The summed E-state index contributed by atoms with van der Waals surface area (Å²) in [4.78, 5) is 38.5. The predicted molar refractivity (Wildman–Crippen MR) is 111 cm³/mol. The lowest BCUT2D eigenvalue weighted by atomic mass is 9.97. The number of carbonyl (C=O) groups is 3. The number of azide groups is 1. The Balaban J connectivity index is 2.44. The van der Waals surface area contributed by atoms with Gasteiger partial charge in [-0.05, 0) is 42.6 Å². The summed E-state index contributed by atoms with van der Waals surface area (Å²) < 4.78 is 21.9. The topological polar surface area (TPSA) is 137 Å². The minimum absolute atomic E-state index is 0.235. The van der Waals surface area contributed by atoms with E-state index in [1.165, 1.54) is 32.5 Å². The molecule has 1 aromatic carbocycles. The van der Waals surface area contributed by atoms with Gasteiger partial charge in [0.25, 0.3) is 0 Å². The Morgan fingerprint density at radius 2 is 1.71 bits per heavy atom. The van der Waals surface area contributed by atoms with Gasteiger partial charge in [0.05, 0.1) is 0 Å². The molecule has 0 amide bonds. The van der Waals surface area contributed by atoms with Gasteiger partial charge in [0.1, 0.15) is 36.4 Å². The van der Waals surface area contributed by atoms with E-state index in [2.05, 4.69) is 10.0 Å². The van der Waals surface area contributed by atoms with Crippen molar-refractivity contribution in [3.8, 4) is 0 Å². The van der Waals surface area contributed by atoms with Crippen LogP contribution < -0.4 is 0 Å². The van der Waals surface area contributed by atoms with Crippen LogP contribution in [0.25, 0.3) is 10.4 Å². The molecule has 1 fully saturated rings. The van der Waals surface area contributed by atoms with Crippen LogP contribution in [0.2, 0.25) is 0 Å². The molecule has 0 spiro atoms. The Hall–Kier alpha value is -2.75. The number of thioether (sulfide) groups is 1. The van der Waals surface area contributed by atoms with E-state index in [9.17, 15) is 14.4 Å². The number of aryl methyl sites for hydroxylation is 2. The highest BCUT2D eigenvalue weighted by Gasteiger charge is 2.50. The van der Waals surface area contributed by atoms with Crippen molar-refractivity contribution in [1.29, 1.82) is 0 Å². The third-order valence-corrected chi connectivity index (χ3v) is 5.73. The number of esters is 3. The lowest BCUT2D eigenvalue weighted by molar-refractivity contribution is -0.201. The monoisotopic (exact) mass is 451 g/mol. The van der Waals surface area contributed by atoms with Crippen molar-refractivity contribution in [1.82, 2.24) is 0 Å². The molecule has 1 aromatic rings. The summed E-state index contributed by atoms with van der Waals surface area (Å²) in [6.45, 7) is 7.36. The first-order chi connectivity index (χ1) is 14.6. The standard InChI is InChI=1S/C20H25N3O7S/c1-10-6-7-15(8-11(10)2)31-20-19(29-14(5)26)17(22-23-21)18(28-13(4)25)16(30-20)9-27-12(3)24/h6-8,16-20H,9H2,1-5H3/t16?,17?,18-,19+,20+/m0/s1. The lowest BCUT2D eigenvalue weighted by Gasteiger charge is -2.43. The van der Waals surface area contributed by atoms with Gasteiger partial charge in [0.2, 0.25) is 0 Å². The van der Waals surface area contributed by atoms with Crippen LogP contribution in [-0.2, 0) is 33.3 Å². The SMILES string of the molecule is CC(=O)OCC1O[C@H](Sc2ccc(C)c(C)c2)[C@H](OC(C)=O)C(N=[N+]=[N-])[C@H]1OC(C)=O.